The summed E-state index contributed by atoms with van der Waals surface area (Å²) in [6, 6.07) is 22.4. The quantitative estimate of drug-likeness (QED) is 0.0360. The highest BCUT2D eigenvalue weighted by atomic mass is 35.5. The van der Waals surface area contributed by atoms with Crippen molar-refractivity contribution in [3.05, 3.63) is 116 Å². The van der Waals surface area contributed by atoms with Gasteiger partial charge >= 0.3 is 12.1 Å². The average molecular weight is 1370 g/mol. The smallest absolute Gasteiger partial charge is 0.314 e. The molecule has 0 spiro atoms. The molecule has 2 aliphatic carbocycles. The summed E-state index contributed by atoms with van der Waals surface area (Å²) >= 11 is 12.9. The Kier molecular flexibility index (Phi) is 24.7. The van der Waals surface area contributed by atoms with Crippen LogP contribution in [0.1, 0.15) is 103 Å². The molecule has 10 rings (SSSR count). The van der Waals surface area contributed by atoms with E-state index in [9.17, 15) is 46.5 Å². The number of unbranched alkanes of at least 4 members (excludes halogenated alkanes) is 1. The number of piperidine rings is 3. The number of ether oxygens (including phenoxy) is 4. The molecule has 4 fully saturated rings. The van der Waals surface area contributed by atoms with E-state index in [1.165, 1.54) is 30.7 Å². The molecule has 4 saturated heterocycles. The minimum absolute atomic E-state index is 0.0111. The van der Waals surface area contributed by atoms with Gasteiger partial charge in [0.05, 0.1) is 83.2 Å². The lowest BCUT2D eigenvalue weighted by molar-refractivity contribution is -0.138. The molecule has 0 bridgehead atoms. The van der Waals surface area contributed by atoms with Crippen LogP contribution in [0.3, 0.4) is 0 Å². The summed E-state index contributed by atoms with van der Waals surface area (Å²) in [4.78, 5) is 59.8. The number of likely N-dealkylation sites (tertiary alicyclic amines) is 3. The van der Waals surface area contributed by atoms with Gasteiger partial charge in [0.2, 0.25) is 21.8 Å². The highest BCUT2D eigenvalue weighted by Gasteiger charge is 2.43. The predicted octanol–water partition coefficient (Wildman–Crippen LogP) is 5.61. The highest BCUT2D eigenvalue weighted by molar-refractivity contribution is 7.91. The number of nitrogens with zero attached hydrogens (tertiary/aromatic N) is 6. The number of hydrogen-bond acceptors (Lipinski definition) is 17. The summed E-state index contributed by atoms with van der Waals surface area (Å²) in [5, 5.41) is 35.1. The maximum atomic E-state index is 13.7. The number of fused-ring (bicyclic) bond motifs is 2. The average Bonchev–Trinajstić information content (AvgIpc) is 1.61. The van der Waals surface area contributed by atoms with Crippen LogP contribution in [0.15, 0.2) is 82.6 Å². The summed E-state index contributed by atoms with van der Waals surface area (Å²) in [6.45, 7) is 8.67. The normalized spacial score (nSPS) is 21.8. The lowest BCUT2D eigenvalue weighted by Gasteiger charge is -2.36. The maximum absolute atomic E-state index is 13.7. The molecule has 506 valence electrons. The minimum Gasteiger partial charge on any atom is -0.484 e. The summed E-state index contributed by atoms with van der Waals surface area (Å²) in [6.07, 6.45) is 7.10. The van der Waals surface area contributed by atoms with Crippen LogP contribution in [-0.4, -0.2) is 202 Å². The lowest BCUT2D eigenvalue weighted by atomic mass is 9.99. The summed E-state index contributed by atoms with van der Waals surface area (Å²) < 4.78 is 81.7. The molecule has 4 heterocycles. The summed E-state index contributed by atoms with van der Waals surface area (Å²) in [7, 11) is -7.91. The highest BCUT2D eigenvalue weighted by Crippen LogP contribution is 2.44. The van der Waals surface area contributed by atoms with Gasteiger partial charge in [-0.2, -0.15) is 15.2 Å². The van der Waals surface area contributed by atoms with Gasteiger partial charge in [-0.3, -0.25) is 19.4 Å². The van der Waals surface area contributed by atoms with Crippen molar-refractivity contribution in [1.82, 2.24) is 50.9 Å². The van der Waals surface area contributed by atoms with Crippen LogP contribution >= 0.6 is 23.2 Å². The minimum atomic E-state index is -4.08. The van der Waals surface area contributed by atoms with Crippen LogP contribution in [0.5, 0.6) is 11.5 Å². The fourth-order valence-electron chi connectivity index (χ4n) is 13.5. The lowest BCUT2D eigenvalue weighted by Crippen LogP contribution is -2.52. The van der Waals surface area contributed by atoms with Crippen molar-refractivity contribution >= 4 is 66.9 Å². The van der Waals surface area contributed by atoms with Crippen molar-refractivity contribution in [2.45, 2.75) is 111 Å². The van der Waals surface area contributed by atoms with Crippen molar-refractivity contribution in [2.75, 3.05) is 124 Å². The first-order valence-electron chi connectivity index (χ1n) is 32.7. The number of halogens is 2. The third-order valence-corrected chi connectivity index (χ3v) is 22.1. The Morgan fingerprint density at radius 2 is 1.05 bits per heavy atom. The standard InChI is InChI=1S/C66H84Cl2N12O12S2/c67-48-36-46(42-69)54-40-59(77-24-4-1-5-25-77)61(56(54)38-48)91-50-10-14-52(15-11-50)93(85,86)44-45-8-6-26-79(63(45)81)30-34-89-32-22-74-65(83)72-18-2-3-19-73-66(84)75-23-33-90-35-31-80-27-7-9-58(64(80)82)76-94(87,88)53-16-12-51(13-17-53)92-62-57-39-49(68)37-47(43-70)55(57)41-60(62)78-28-20-71-21-29-78/h10-17,36-39,45,58-62,71,76H,1-9,18-35,40-41,44H2,(H2,72,74,83)(H2,73,75,84)/t45-,58+,59+,60+,61+,62+/m1/s1. The molecule has 6 N–H and O–H groups in total. The van der Waals surface area contributed by atoms with E-state index in [-0.39, 0.29) is 110 Å². The molecule has 94 heavy (non-hydrogen) atoms. The number of carbonyl (C=O) groups excluding carboxylic acids is 4. The Morgan fingerprint density at radius 3 is 1.57 bits per heavy atom. The van der Waals surface area contributed by atoms with Gasteiger partial charge in [-0.15, -0.1) is 0 Å². The van der Waals surface area contributed by atoms with E-state index in [4.69, 9.17) is 42.1 Å². The van der Waals surface area contributed by atoms with Crippen LogP contribution in [0.4, 0.5) is 9.59 Å². The topological polar surface area (TPSA) is 306 Å². The van der Waals surface area contributed by atoms with E-state index < -0.39 is 37.9 Å². The van der Waals surface area contributed by atoms with Gasteiger partial charge in [0.25, 0.3) is 0 Å². The summed E-state index contributed by atoms with van der Waals surface area (Å²) in [5.41, 5.74) is 4.63. The number of sulfone groups is 1. The number of benzene rings is 4. The van der Waals surface area contributed by atoms with E-state index in [0.29, 0.717) is 110 Å². The van der Waals surface area contributed by atoms with Gasteiger partial charge in [-0.25, -0.2) is 26.4 Å². The number of hydrogen-bond donors (Lipinski definition) is 6. The number of urea groups is 2. The zero-order valence-corrected chi connectivity index (χ0v) is 55.9. The molecule has 0 unspecified atom stereocenters. The Morgan fingerprint density at radius 1 is 0.574 bits per heavy atom. The van der Waals surface area contributed by atoms with Crippen LogP contribution in [0, 0.1) is 28.6 Å². The van der Waals surface area contributed by atoms with E-state index in [2.05, 4.69) is 53.2 Å². The molecule has 6 atom stereocenters. The number of rotatable bonds is 29. The van der Waals surface area contributed by atoms with E-state index in [1.807, 2.05) is 12.1 Å². The predicted molar refractivity (Wildman–Crippen MR) is 352 cm³/mol. The third kappa shape index (κ3) is 18.2. The number of carbonyl (C=O) groups is 4. The third-order valence-electron chi connectivity index (χ3n) is 18.3. The molecule has 0 radical (unpaired) electrons. The zero-order chi connectivity index (χ0) is 66.2. The van der Waals surface area contributed by atoms with E-state index in [1.54, 1.807) is 46.2 Å². The van der Waals surface area contributed by atoms with Gasteiger partial charge in [-0.05, 0) is 172 Å². The van der Waals surface area contributed by atoms with Crippen molar-refractivity contribution < 1.29 is 55.0 Å². The van der Waals surface area contributed by atoms with E-state index >= 15 is 0 Å². The SMILES string of the molecule is N#Cc1cc(Cl)cc2c1C[C@H](N1CCCCC1)[C@H]2Oc1ccc(S(=O)(=O)C[C@H]2CCCN(CCOCCNC(=O)NCCCCNC(=O)NCCOCCN3CCC[C@H](NS(=O)(=O)c4ccc(O[C@H]5c6cc(Cl)cc(C#N)c6C[C@@H]5N5CCNCC5)cc4)C3=O)C2=O)cc1. The number of sulfonamides is 1. The monoisotopic (exact) mass is 1370 g/mol. The first kappa shape index (κ1) is 70.0. The van der Waals surface area contributed by atoms with Crippen LogP contribution in [-0.2, 0) is 51.8 Å². The molecule has 6 aliphatic rings. The molecule has 0 saturated carbocycles. The Hall–Kier alpha value is -6.82. The van der Waals surface area contributed by atoms with E-state index in [0.717, 1.165) is 74.4 Å². The number of amides is 6. The zero-order valence-electron chi connectivity index (χ0n) is 52.8. The van der Waals surface area contributed by atoms with Gasteiger partial charge in [0.15, 0.2) is 9.84 Å². The molecule has 24 nitrogen and oxygen atoms in total. The molecular weight excluding hydrogens is 1290 g/mol. The Bertz CT molecular complexity index is 3390. The largest absolute Gasteiger partial charge is 0.484 e. The second-order valence-electron chi connectivity index (χ2n) is 24.6. The first-order valence-corrected chi connectivity index (χ1v) is 36.6. The first-order chi connectivity index (χ1) is 45.5. The molecule has 6 amide bonds. The number of piperazine rings is 1. The fourth-order valence-corrected chi connectivity index (χ4v) is 16.8. The van der Waals surface area contributed by atoms with Crippen LogP contribution in [0.2, 0.25) is 10.0 Å². The number of nitrogens with one attached hydrogen (secondary N) is 6. The molecule has 4 aromatic carbocycles. The maximum Gasteiger partial charge on any atom is 0.314 e. The molecule has 28 heteroatoms. The molecule has 4 aromatic rings. The second-order valence-corrected chi connectivity index (χ2v) is 29.2. The van der Waals surface area contributed by atoms with Crippen LogP contribution < -0.4 is 40.8 Å². The fraction of sp³-hybridized carbons (Fsp3) is 0.545. The molecule has 4 aliphatic heterocycles. The molecule has 0 aromatic heterocycles. The van der Waals surface area contributed by atoms with Gasteiger partial charge in [0.1, 0.15) is 29.7 Å². The Labute approximate surface area is 560 Å². The molecular formula is C66H84Cl2N12O12S2. The van der Waals surface area contributed by atoms with Crippen LogP contribution in [0.25, 0.3) is 0 Å². The van der Waals surface area contributed by atoms with Gasteiger partial charge in [-0.1, -0.05) is 29.6 Å². The second kappa shape index (κ2) is 33.2. The van der Waals surface area contributed by atoms with Gasteiger partial charge < -0.3 is 55.3 Å². The van der Waals surface area contributed by atoms with Crippen molar-refractivity contribution in [1.29, 1.82) is 10.5 Å². The number of nitriles is 2. The van der Waals surface area contributed by atoms with Crippen molar-refractivity contribution in [3.63, 3.8) is 0 Å². The van der Waals surface area contributed by atoms with Gasteiger partial charge in [0, 0.05) is 88.6 Å². The van der Waals surface area contributed by atoms with Crippen molar-refractivity contribution in [2.24, 2.45) is 5.92 Å². The summed E-state index contributed by atoms with van der Waals surface area (Å²) in [5.74, 6) is -0.630. The van der Waals surface area contributed by atoms with Crippen molar-refractivity contribution in [3.8, 4) is 23.6 Å². The Balaban J connectivity index is 0.544.